The van der Waals surface area contributed by atoms with Gasteiger partial charge in [0.15, 0.2) is 0 Å². The van der Waals surface area contributed by atoms with Gasteiger partial charge in [-0.25, -0.2) is 0 Å². The number of amides is 1. The molecule has 0 radical (unpaired) electrons. The number of aliphatic hydroxyl groups excluding tert-OH is 1. The van der Waals surface area contributed by atoms with Gasteiger partial charge >= 0.3 is 0 Å². The molecule has 112 valence electrons. The molecule has 2 unspecified atom stereocenters. The lowest BCUT2D eigenvalue weighted by Crippen LogP contribution is -2.32. The fourth-order valence-electron chi connectivity index (χ4n) is 2.68. The number of nitrogens with one attached hydrogen (secondary N) is 1. The van der Waals surface area contributed by atoms with Crippen LogP contribution < -0.4 is 11.1 Å². The molecule has 0 bridgehead atoms. The van der Waals surface area contributed by atoms with Crippen LogP contribution in [0.15, 0.2) is 6.20 Å². The summed E-state index contributed by atoms with van der Waals surface area (Å²) in [7, 11) is 0. The van der Waals surface area contributed by atoms with E-state index in [1.165, 1.54) is 0 Å². The maximum atomic E-state index is 11.9. The molecule has 2 rings (SSSR count). The lowest BCUT2D eigenvalue weighted by atomic mass is 9.92. The van der Waals surface area contributed by atoms with E-state index in [1.807, 2.05) is 17.8 Å². The SMILES string of the molecule is CC(N)CCC(=O)NC1CCCc2c1cnn2CCO. The minimum Gasteiger partial charge on any atom is -0.394 e. The van der Waals surface area contributed by atoms with E-state index in [4.69, 9.17) is 10.8 Å². The highest BCUT2D eigenvalue weighted by molar-refractivity contribution is 5.76. The third-order valence-electron chi connectivity index (χ3n) is 3.74. The second kappa shape index (κ2) is 6.85. The Balaban J connectivity index is 2.00. The average Bonchev–Trinajstić information content (AvgIpc) is 2.82. The summed E-state index contributed by atoms with van der Waals surface area (Å²) in [6, 6.07) is 0.0988. The Morgan fingerprint density at radius 3 is 3.20 bits per heavy atom. The quantitative estimate of drug-likeness (QED) is 0.707. The molecular formula is C14H24N4O2. The van der Waals surface area contributed by atoms with Crippen LogP contribution in [0.3, 0.4) is 0 Å². The molecule has 2 atom stereocenters. The van der Waals surface area contributed by atoms with Crippen LogP contribution >= 0.6 is 0 Å². The van der Waals surface area contributed by atoms with Crippen molar-refractivity contribution in [3.63, 3.8) is 0 Å². The number of hydrogen-bond acceptors (Lipinski definition) is 4. The zero-order chi connectivity index (χ0) is 14.5. The molecule has 1 heterocycles. The number of rotatable bonds is 6. The highest BCUT2D eigenvalue weighted by Crippen LogP contribution is 2.29. The summed E-state index contributed by atoms with van der Waals surface area (Å²) < 4.78 is 1.84. The van der Waals surface area contributed by atoms with Crippen molar-refractivity contribution in [1.29, 1.82) is 0 Å². The number of hydrogen-bond donors (Lipinski definition) is 3. The van der Waals surface area contributed by atoms with E-state index in [0.717, 1.165) is 30.5 Å². The highest BCUT2D eigenvalue weighted by Gasteiger charge is 2.25. The third kappa shape index (κ3) is 3.58. The van der Waals surface area contributed by atoms with Crippen LogP contribution in [0.4, 0.5) is 0 Å². The first-order valence-electron chi connectivity index (χ1n) is 7.32. The van der Waals surface area contributed by atoms with Gasteiger partial charge in [0, 0.05) is 23.7 Å². The van der Waals surface area contributed by atoms with Gasteiger partial charge in [0.05, 0.1) is 25.4 Å². The van der Waals surface area contributed by atoms with Crippen LogP contribution in [0.1, 0.15) is 49.9 Å². The highest BCUT2D eigenvalue weighted by atomic mass is 16.3. The molecule has 6 nitrogen and oxygen atoms in total. The maximum absolute atomic E-state index is 11.9. The van der Waals surface area contributed by atoms with Crippen molar-refractivity contribution >= 4 is 5.91 Å². The van der Waals surface area contributed by atoms with Gasteiger partial charge in [0.1, 0.15) is 0 Å². The van der Waals surface area contributed by atoms with Crippen molar-refractivity contribution in [3.8, 4) is 0 Å². The van der Waals surface area contributed by atoms with E-state index in [0.29, 0.717) is 19.4 Å². The van der Waals surface area contributed by atoms with Crippen LogP contribution in [-0.4, -0.2) is 33.4 Å². The lowest BCUT2D eigenvalue weighted by Gasteiger charge is -2.24. The van der Waals surface area contributed by atoms with E-state index in [-0.39, 0.29) is 24.6 Å². The largest absolute Gasteiger partial charge is 0.394 e. The standard InChI is InChI=1S/C14H24N4O2/c1-10(15)5-6-14(20)17-12-3-2-4-13-11(12)9-16-18(13)7-8-19/h9-10,12,19H,2-8,15H2,1H3,(H,17,20). The molecule has 20 heavy (non-hydrogen) atoms. The number of nitrogens with two attached hydrogens (primary N) is 1. The Morgan fingerprint density at radius 2 is 2.50 bits per heavy atom. The van der Waals surface area contributed by atoms with Gasteiger partial charge in [-0.3, -0.25) is 9.48 Å². The molecule has 1 aromatic rings. The molecule has 0 saturated heterocycles. The van der Waals surface area contributed by atoms with E-state index in [2.05, 4.69) is 10.4 Å². The predicted molar refractivity (Wildman–Crippen MR) is 76.0 cm³/mol. The van der Waals surface area contributed by atoms with E-state index in [9.17, 15) is 4.79 Å². The van der Waals surface area contributed by atoms with Gasteiger partial charge in [-0.2, -0.15) is 5.10 Å². The first kappa shape index (κ1) is 15.0. The smallest absolute Gasteiger partial charge is 0.220 e. The van der Waals surface area contributed by atoms with Crippen molar-refractivity contribution in [2.75, 3.05) is 6.61 Å². The Morgan fingerprint density at radius 1 is 1.70 bits per heavy atom. The van der Waals surface area contributed by atoms with Gasteiger partial charge < -0.3 is 16.2 Å². The van der Waals surface area contributed by atoms with Gasteiger partial charge in [-0.05, 0) is 32.6 Å². The van der Waals surface area contributed by atoms with Gasteiger partial charge in [0.25, 0.3) is 0 Å². The van der Waals surface area contributed by atoms with Crippen molar-refractivity contribution in [3.05, 3.63) is 17.5 Å². The molecule has 4 N–H and O–H groups in total. The number of nitrogens with zero attached hydrogens (tertiary/aromatic N) is 2. The summed E-state index contributed by atoms with van der Waals surface area (Å²) in [5, 5.41) is 16.4. The second-order valence-electron chi connectivity index (χ2n) is 5.52. The normalized spacial score (nSPS) is 19.4. The summed E-state index contributed by atoms with van der Waals surface area (Å²) in [5.74, 6) is 0.0510. The molecule has 0 fully saturated rings. The fraction of sp³-hybridized carbons (Fsp3) is 0.714. The summed E-state index contributed by atoms with van der Waals surface area (Å²) in [4.78, 5) is 11.9. The van der Waals surface area contributed by atoms with Crippen LogP contribution in [0.2, 0.25) is 0 Å². The number of carbonyl (C=O) groups is 1. The van der Waals surface area contributed by atoms with Crippen molar-refractivity contribution in [1.82, 2.24) is 15.1 Å². The number of aromatic nitrogens is 2. The first-order chi connectivity index (χ1) is 9.61. The summed E-state index contributed by atoms with van der Waals surface area (Å²) >= 11 is 0. The molecule has 0 saturated carbocycles. The summed E-state index contributed by atoms with van der Waals surface area (Å²) in [6.07, 6.45) is 5.93. The van der Waals surface area contributed by atoms with Crippen LogP contribution in [-0.2, 0) is 17.8 Å². The first-order valence-corrected chi connectivity index (χ1v) is 7.32. The van der Waals surface area contributed by atoms with Crippen LogP contribution in [0, 0.1) is 0 Å². The van der Waals surface area contributed by atoms with Crippen LogP contribution in [0.5, 0.6) is 0 Å². The molecule has 0 spiro atoms. The van der Waals surface area contributed by atoms with Gasteiger partial charge in [0.2, 0.25) is 5.91 Å². The van der Waals surface area contributed by atoms with Crippen molar-refractivity contribution in [2.24, 2.45) is 5.73 Å². The van der Waals surface area contributed by atoms with Crippen molar-refractivity contribution < 1.29 is 9.90 Å². The Kier molecular flexibility index (Phi) is 5.14. The Bertz CT molecular complexity index is 456. The predicted octanol–water partition coefficient (Wildman–Crippen LogP) is 0.496. The molecule has 1 aromatic heterocycles. The Hall–Kier alpha value is -1.40. The maximum Gasteiger partial charge on any atom is 0.220 e. The van der Waals surface area contributed by atoms with Crippen LogP contribution in [0.25, 0.3) is 0 Å². The van der Waals surface area contributed by atoms with E-state index in [1.54, 1.807) is 0 Å². The minimum absolute atomic E-state index is 0.0479. The molecule has 0 aromatic carbocycles. The molecule has 1 amide bonds. The van der Waals surface area contributed by atoms with E-state index >= 15 is 0 Å². The Labute approximate surface area is 119 Å². The lowest BCUT2D eigenvalue weighted by molar-refractivity contribution is -0.122. The number of carbonyl (C=O) groups excluding carboxylic acids is 1. The van der Waals surface area contributed by atoms with Crippen molar-refractivity contribution in [2.45, 2.75) is 57.7 Å². The average molecular weight is 280 g/mol. The third-order valence-corrected chi connectivity index (χ3v) is 3.74. The molecule has 0 aliphatic heterocycles. The number of aliphatic hydroxyl groups is 1. The molecular weight excluding hydrogens is 256 g/mol. The minimum atomic E-state index is 0.0479. The fourth-order valence-corrected chi connectivity index (χ4v) is 2.68. The van der Waals surface area contributed by atoms with Gasteiger partial charge in [-0.15, -0.1) is 0 Å². The summed E-state index contributed by atoms with van der Waals surface area (Å²) in [5.41, 5.74) is 7.91. The topological polar surface area (TPSA) is 93.2 Å². The monoisotopic (exact) mass is 280 g/mol. The summed E-state index contributed by atoms with van der Waals surface area (Å²) in [6.45, 7) is 2.51. The zero-order valence-corrected chi connectivity index (χ0v) is 12.0. The molecule has 1 aliphatic rings. The second-order valence-corrected chi connectivity index (χ2v) is 5.52. The van der Waals surface area contributed by atoms with Gasteiger partial charge in [-0.1, -0.05) is 0 Å². The zero-order valence-electron chi connectivity index (χ0n) is 12.0. The molecule has 1 aliphatic carbocycles. The van der Waals surface area contributed by atoms with E-state index < -0.39 is 0 Å². The molecule has 6 heteroatoms. The number of fused-ring (bicyclic) bond motifs is 1.